The number of aryl methyl sites for hydroxylation is 1. The van der Waals surface area contributed by atoms with Crippen molar-refractivity contribution < 1.29 is 9.59 Å². The minimum atomic E-state index is -0.376. The first kappa shape index (κ1) is 19.0. The Morgan fingerprint density at radius 2 is 2.04 bits per heavy atom. The normalized spacial score (nSPS) is 12.0. The molecule has 0 aliphatic rings. The molecule has 5 nitrogen and oxygen atoms in total. The van der Waals surface area contributed by atoms with Crippen LogP contribution in [0.5, 0.6) is 0 Å². The molecule has 0 fully saturated rings. The average molecular weight is 428 g/mol. The minimum Gasteiger partial charge on any atom is -0.369 e. The van der Waals surface area contributed by atoms with Gasteiger partial charge in [0, 0.05) is 9.35 Å². The summed E-state index contributed by atoms with van der Waals surface area (Å²) in [6, 6.07) is 7.79. The Morgan fingerprint density at radius 1 is 1.38 bits per heavy atom. The van der Waals surface area contributed by atoms with Gasteiger partial charge in [0.15, 0.2) is 4.34 Å². The molecule has 1 heterocycles. The summed E-state index contributed by atoms with van der Waals surface area (Å²) in [6.45, 7) is 3.79. The summed E-state index contributed by atoms with van der Waals surface area (Å²) < 4.78 is 1.78. The molecule has 0 aliphatic heterocycles. The van der Waals surface area contributed by atoms with E-state index in [0.29, 0.717) is 0 Å². The van der Waals surface area contributed by atoms with E-state index in [4.69, 9.17) is 5.73 Å². The number of hydrogen-bond acceptors (Lipinski definition) is 5. The molecule has 1 atom stereocenters. The highest BCUT2D eigenvalue weighted by atomic mass is 79.9. The van der Waals surface area contributed by atoms with Gasteiger partial charge in [-0.3, -0.25) is 9.59 Å². The maximum atomic E-state index is 12.1. The fraction of sp³-hybridized carbons (Fsp3) is 0.312. The summed E-state index contributed by atoms with van der Waals surface area (Å²) in [7, 11) is 0. The lowest BCUT2D eigenvalue weighted by molar-refractivity contribution is -0.119. The first-order chi connectivity index (χ1) is 11.3. The Balaban J connectivity index is 1.86. The SMILES string of the molecule is Cc1nc(SCC(=O)NC(C)c2ccc(Br)cc2)sc1CC(N)=O. The van der Waals surface area contributed by atoms with Crippen LogP contribution in [0.1, 0.15) is 29.1 Å². The predicted octanol–water partition coefficient (Wildman–Crippen LogP) is 3.21. The van der Waals surface area contributed by atoms with E-state index in [0.717, 1.165) is 24.9 Å². The summed E-state index contributed by atoms with van der Waals surface area (Å²) >= 11 is 6.17. The third kappa shape index (κ3) is 5.61. The second-order valence-electron chi connectivity index (χ2n) is 5.26. The molecule has 0 radical (unpaired) electrons. The number of amides is 2. The number of primary amides is 1. The molecule has 3 N–H and O–H groups in total. The molecule has 1 unspecified atom stereocenters. The van der Waals surface area contributed by atoms with Crippen molar-refractivity contribution >= 4 is 50.8 Å². The van der Waals surface area contributed by atoms with Crippen molar-refractivity contribution in [3.05, 3.63) is 44.9 Å². The summed E-state index contributed by atoms with van der Waals surface area (Å²) in [6.07, 6.45) is 0.191. The number of nitrogens with zero attached hydrogens (tertiary/aromatic N) is 1. The van der Waals surface area contributed by atoms with Crippen LogP contribution in [0.15, 0.2) is 33.1 Å². The standard InChI is InChI=1S/C16H18BrN3O2S2/c1-9(11-3-5-12(17)6-4-11)19-15(22)8-23-16-20-10(2)13(24-16)7-14(18)21/h3-6,9H,7-8H2,1-2H3,(H2,18,21)(H,19,22). The second-order valence-corrected chi connectivity index (χ2v) is 8.48. The van der Waals surface area contributed by atoms with Gasteiger partial charge in [0.2, 0.25) is 11.8 Å². The van der Waals surface area contributed by atoms with Crippen molar-refractivity contribution in [3.63, 3.8) is 0 Å². The predicted molar refractivity (Wildman–Crippen MR) is 101 cm³/mol. The summed E-state index contributed by atoms with van der Waals surface area (Å²) in [5.41, 5.74) is 7.05. The lowest BCUT2D eigenvalue weighted by Crippen LogP contribution is -2.28. The van der Waals surface area contributed by atoms with Crippen LogP contribution in [-0.4, -0.2) is 22.6 Å². The molecule has 0 saturated heterocycles. The van der Waals surface area contributed by atoms with Crippen LogP contribution < -0.4 is 11.1 Å². The quantitative estimate of drug-likeness (QED) is 0.664. The molecule has 8 heteroatoms. The third-order valence-electron chi connectivity index (χ3n) is 3.28. The van der Waals surface area contributed by atoms with E-state index in [1.807, 2.05) is 38.1 Å². The van der Waals surface area contributed by atoms with Crippen molar-refractivity contribution in [1.82, 2.24) is 10.3 Å². The molecule has 2 amide bonds. The maximum absolute atomic E-state index is 12.1. The number of nitrogens with two attached hydrogens (primary N) is 1. The zero-order valence-corrected chi connectivity index (χ0v) is 16.6. The molecule has 2 rings (SSSR count). The Hall–Kier alpha value is -1.38. The molecule has 1 aromatic heterocycles. The van der Waals surface area contributed by atoms with Crippen LogP contribution in [0.3, 0.4) is 0 Å². The number of rotatable bonds is 7. The van der Waals surface area contributed by atoms with Gasteiger partial charge in [0.1, 0.15) is 0 Å². The summed E-state index contributed by atoms with van der Waals surface area (Å²) in [4.78, 5) is 28.3. The minimum absolute atomic E-state index is 0.0558. The van der Waals surface area contributed by atoms with Crippen LogP contribution in [0.2, 0.25) is 0 Å². The largest absolute Gasteiger partial charge is 0.369 e. The van der Waals surface area contributed by atoms with Crippen LogP contribution in [0.25, 0.3) is 0 Å². The van der Waals surface area contributed by atoms with Crippen molar-refractivity contribution in [2.75, 3.05) is 5.75 Å². The van der Waals surface area contributed by atoms with Gasteiger partial charge in [-0.15, -0.1) is 11.3 Å². The fourth-order valence-corrected chi connectivity index (χ4v) is 4.35. The number of nitrogens with one attached hydrogen (secondary N) is 1. The van der Waals surface area contributed by atoms with Gasteiger partial charge in [0.25, 0.3) is 0 Å². The van der Waals surface area contributed by atoms with E-state index in [1.54, 1.807) is 0 Å². The van der Waals surface area contributed by atoms with Gasteiger partial charge in [0.05, 0.1) is 23.9 Å². The maximum Gasteiger partial charge on any atom is 0.230 e. The van der Waals surface area contributed by atoms with Gasteiger partial charge < -0.3 is 11.1 Å². The highest BCUT2D eigenvalue weighted by Crippen LogP contribution is 2.27. The molecular formula is C16H18BrN3O2S2. The molecule has 0 spiro atoms. The van der Waals surface area contributed by atoms with Crippen molar-refractivity contribution in [1.29, 1.82) is 0 Å². The van der Waals surface area contributed by atoms with E-state index in [2.05, 4.69) is 26.2 Å². The monoisotopic (exact) mass is 427 g/mol. The number of aromatic nitrogens is 1. The van der Waals surface area contributed by atoms with Crippen LogP contribution in [0, 0.1) is 6.92 Å². The third-order valence-corrected chi connectivity index (χ3v) is 6.11. The average Bonchev–Trinajstić information content (AvgIpc) is 2.85. The smallest absolute Gasteiger partial charge is 0.230 e. The molecule has 128 valence electrons. The topological polar surface area (TPSA) is 85.1 Å². The van der Waals surface area contributed by atoms with Crippen LogP contribution >= 0.6 is 39.0 Å². The van der Waals surface area contributed by atoms with Gasteiger partial charge in [-0.05, 0) is 31.5 Å². The van der Waals surface area contributed by atoms with Gasteiger partial charge in [-0.2, -0.15) is 0 Å². The number of thiazole rings is 1. The van der Waals surface area contributed by atoms with E-state index in [1.165, 1.54) is 23.1 Å². The van der Waals surface area contributed by atoms with Crippen molar-refractivity contribution in [2.24, 2.45) is 5.73 Å². The molecule has 0 aliphatic carbocycles. The van der Waals surface area contributed by atoms with Gasteiger partial charge >= 0.3 is 0 Å². The Morgan fingerprint density at radius 3 is 2.67 bits per heavy atom. The van der Waals surface area contributed by atoms with Crippen molar-refractivity contribution in [2.45, 2.75) is 30.6 Å². The number of carbonyl (C=O) groups excluding carboxylic acids is 2. The van der Waals surface area contributed by atoms with E-state index >= 15 is 0 Å². The zero-order chi connectivity index (χ0) is 17.7. The van der Waals surface area contributed by atoms with E-state index in [-0.39, 0.29) is 30.0 Å². The first-order valence-corrected chi connectivity index (χ1v) is 9.87. The lowest BCUT2D eigenvalue weighted by Gasteiger charge is -2.14. The number of benzene rings is 1. The number of hydrogen-bond donors (Lipinski definition) is 2. The lowest BCUT2D eigenvalue weighted by atomic mass is 10.1. The highest BCUT2D eigenvalue weighted by molar-refractivity contribution is 9.10. The molecule has 0 saturated carbocycles. The Labute approximate surface area is 157 Å². The Bertz CT molecular complexity index is 731. The number of halogens is 1. The molecule has 1 aromatic carbocycles. The van der Waals surface area contributed by atoms with Crippen LogP contribution in [-0.2, 0) is 16.0 Å². The van der Waals surface area contributed by atoms with E-state index in [9.17, 15) is 9.59 Å². The second kappa shape index (κ2) is 8.64. The zero-order valence-electron chi connectivity index (χ0n) is 13.3. The number of carbonyl (C=O) groups is 2. The van der Waals surface area contributed by atoms with Crippen molar-refractivity contribution in [3.8, 4) is 0 Å². The highest BCUT2D eigenvalue weighted by Gasteiger charge is 2.13. The van der Waals surface area contributed by atoms with E-state index < -0.39 is 0 Å². The molecule has 0 bridgehead atoms. The molecule has 24 heavy (non-hydrogen) atoms. The molecule has 2 aromatic rings. The van der Waals surface area contributed by atoms with Crippen LogP contribution in [0.4, 0.5) is 0 Å². The first-order valence-electron chi connectivity index (χ1n) is 7.27. The summed E-state index contributed by atoms with van der Waals surface area (Å²) in [5.74, 6) is -0.150. The fourth-order valence-electron chi connectivity index (χ4n) is 2.03. The van der Waals surface area contributed by atoms with Gasteiger partial charge in [-0.1, -0.05) is 39.8 Å². The Kier molecular flexibility index (Phi) is 6.82. The molecular weight excluding hydrogens is 410 g/mol. The summed E-state index contributed by atoms with van der Waals surface area (Å²) in [5, 5.41) is 2.97. The van der Waals surface area contributed by atoms with Gasteiger partial charge in [-0.25, -0.2) is 4.98 Å². The number of thioether (sulfide) groups is 1.